The molecule has 2 atom stereocenters. The van der Waals surface area contributed by atoms with Crippen molar-refractivity contribution >= 4 is 17.8 Å². The second kappa shape index (κ2) is 8.24. The summed E-state index contributed by atoms with van der Waals surface area (Å²) in [5.74, 6) is 1.47. The maximum Gasteiger partial charge on any atom is 0.407 e. The Bertz CT molecular complexity index is 797. The molecule has 9 nitrogen and oxygen atoms in total. The number of hydrogen-bond acceptors (Lipinski definition) is 6. The number of aromatic amines is 1. The summed E-state index contributed by atoms with van der Waals surface area (Å²) in [6.07, 6.45) is 3.58. The van der Waals surface area contributed by atoms with Crippen LogP contribution in [-0.4, -0.2) is 39.3 Å². The number of nitrogens with zero attached hydrogens (tertiary/aromatic N) is 2. The minimum Gasteiger partial charge on any atom is -0.446 e. The number of H-pyrrole nitrogens is 1. The van der Waals surface area contributed by atoms with Gasteiger partial charge in [-0.3, -0.25) is 9.89 Å². The molecule has 2 heterocycles. The third-order valence-electron chi connectivity index (χ3n) is 4.35. The van der Waals surface area contributed by atoms with Crippen LogP contribution in [0.1, 0.15) is 56.4 Å². The Morgan fingerprint density at radius 3 is 2.93 bits per heavy atom. The van der Waals surface area contributed by atoms with Gasteiger partial charge in [-0.2, -0.15) is 5.10 Å². The molecule has 1 fully saturated rings. The first kappa shape index (κ1) is 18.9. The number of hydrogen-bond donors (Lipinski definition) is 3. The van der Waals surface area contributed by atoms with E-state index in [1.807, 2.05) is 19.9 Å². The van der Waals surface area contributed by atoms with Crippen molar-refractivity contribution in [3.8, 4) is 0 Å². The zero-order valence-corrected chi connectivity index (χ0v) is 15.7. The van der Waals surface area contributed by atoms with Gasteiger partial charge < -0.3 is 19.8 Å². The number of aryl methyl sites for hydroxylation is 1. The molecule has 0 spiro atoms. The minimum absolute atomic E-state index is 0.0498. The molecule has 27 heavy (non-hydrogen) atoms. The highest BCUT2D eigenvalue weighted by atomic mass is 16.6. The van der Waals surface area contributed by atoms with Crippen LogP contribution in [0.25, 0.3) is 0 Å². The van der Waals surface area contributed by atoms with Crippen molar-refractivity contribution in [1.82, 2.24) is 20.5 Å². The van der Waals surface area contributed by atoms with Crippen LogP contribution in [0, 0.1) is 6.92 Å². The molecule has 9 heteroatoms. The number of nitrogens with one attached hydrogen (secondary N) is 3. The number of carbonyl (C=O) groups is 2. The van der Waals surface area contributed by atoms with E-state index >= 15 is 0 Å². The maximum atomic E-state index is 12.1. The molecular formula is C18H25N5O4. The summed E-state index contributed by atoms with van der Waals surface area (Å²) in [4.78, 5) is 27.8. The Kier molecular flexibility index (Phi) is 5.78. The van der Waals surface area contributed by atoms with Crippen LogP contribution in [0.15, 0.2) is 16.7 Å². The number of aromatic nitrogens is 3. The first-order valence-electron chi connectivity index (χ1n) is 9.12. The molecule has 0 aliphatic heterocycles. The second-order valence-electron chi connectivity index (χ2n) is 7.13. The number of anilines is 1. The Balaban J connectivity index is 1.49. The molecule has 3 rings (SSSR count). The predicted octanol–water partition coefficient (Wildman–Crippen LogP) is 2.66. The molecule has 1 aliphatic rings. The Labute approximate surface area is 157 Å². The van der Waals surface area contributed by atoms with Crippen molar-refractivity contribution in [2.45, 2.75) is 64.5 Å². The van der Waals surface area contributed by atoms with Crippen molar-refractivity contribution in [1.29, 1.82) is 0 Å². The molecule has 2 amide bonds. The fourth-order valence-electron chi connectivity index (χ4n) is 3.17. The SMILES string of the molecule is Cc1cnc(CC(=O)Nc2cc(C3CCC(OC(=O)NC(C)C)C3)[nH]n2)o1. The lowest BCUT2D eigenvalue weighted by atomic mass is 10.0. The van der Waals surface area contributed by atoms with E-state index in [-0.39, 0.29) is 36.5 Å². The Hall–Kier alpha value is -2.84. The number of alkyl carbamates (subject to hydrolysis) is 1. The van der Waals surface area contributed by atoms with Gasteiger partial charge in [0.25, 0.3) is 0 Å². The summed E-state index contributed by atoms with van der Waals surface area (Å²) in [5.41, 5.74) is 0.924. The fraction of sp³-hybridized carbons (Fsp3) is 0.556. The van der Waals surface area contributed by atoms with Gasteiger partial charge >= 0.3 is 6.09 Å². The highest BCUT2D eigenvalue weighted by molar-refractivity contribution is 5.90. The van der Waals surface area contributed by atoms with Crippen LogP contribution < -0.4 is 10.6 Å². The van der Waals surface area contributed by atoms with Gasteiger partial charge in [-0.1, -0.05) is 0 Å². The molecule has 3 N–H and O–H groups in total. The van der Waals surface area contributed by atoms with E-state index in [0.717, 1.165) is 25.0 Å². The predicted molar refractivity (Wildman–Crippen MR) is 97.3 cm³/mol. The quantitative estimate of drug-likeness (QED) is 0.713. The van der Waals surface area contributed by atoms with E-state index in [0.29, 0.717) is 17.5 Å². The topological polar surface area (TPSA) is 122 Å². The summed E-state index contributed by atoms with van der Waals surface area (Å²) in [7, 11) is 0. The normalized spacial score (nSPS) is 19.3. The summed E-state index contributed by atoms with van der Waals surface area (Å²) in [6, 6.07) is 1.87. The smallest absolute Gasteiger partial charge is 0.407 e. The molecule has 0 radical (unpaired) electrons. The standard InChI is InChI=1S/C18H25N5O4/c1-10(2)20-18(25)27-13-5-4-12(6-13)14-7-15(23-22-14)21-16(24)8-17-19-9-11(3)26-17/h7,9-10,12-13H,4-6,8H2,1-3H3,(H,20,25)(H2,21,22,23,24). The number of carbonyl (C=O) groups excluding carboxylic acids is 2. The first-order valence-corrected chi connectivity index (χ1v) is 9.12. The lowest BCUT2D eigenvalue weighted by molar-refractivity contribution is -0.115. The summed E-state index contributed by atoms with van der Waals surface area (Å²) >= 11 is 0. The van der Waals surface area contributed by atoms with Crippen LogP contribution in [0.2, 0.25) is 0 Å². The largest absolute Gasteiger partial charge is 0.446 e. The lowest BCUT2D eigenvalue weighted by Gasteiger charge is -2.14. The zero-order chi connectivity index (χ0) is 19.4. The van der Waals surface area contributed by atoms with E-state index in [4.69, 9.17) is 9.15 Å². The van der Waals surface area contributed by atoms with E-state index in [9.17, 15) is 9.59 Å². The van der Waals surface area contributed by atoms with Gasteiger partial charge in [0.15, 0.2) is 5.82 Å². The third-order valence-corrected chi connectivity index (χ3v) is 4.35. The van der Waals surface area contributed by atoms with Gasteiger partial charge in [-0.15, -0.1) is 0 Å². The maximum absolute atomic E-state index is 12.1. The summed E-state index contributed by atoms with van der Waals surface area (Å²) < 4.78 is 10.7. The summed E-state index contributed by atoms with van der Waals surface area (Å²) in [6.45, 7) is 5.56. The Morgan fingerprint density at radius 1 is 1.41 bits per heavy atom. The fourth-order valence-corrected chi connectivity index (χ4v) is 3.17. The highest BCUT2D eigenvalue weighted by Crippen LogP contribution is 2.35. The number of oxazole rings is 1. The van der Waals surface area contributed by atoms with Crippen molar-refractivity contribution in [2.75, 3.05) is 5.32 Å². The van der Waals surface area contributed by atoms with Crippen LogP contribution in [0.5, 0.6) is 0 Å². The van der Waals surface area contributed by atoms with Crippen LogP contribution >= 0.6 is 0 Å². The van der Waals surface area contributed by atoms with Gasteiger partial charge in [0.1, 0.15) is 18.3 Å². The lowest BCUT2D eigenvalue weighted by Crippen LogP contribution is -2.33. The van der Waals surface area contributed by atoms with Gasteiger partial charge in [-0.25, -0.2) is 9.78 Å². The van der Waals surface area contributed by atoms with Crippen LogP contribution in [0.4, 0.5) is 10.6 Å². The molecule has 1 saturated carbocycles. The average molecular weight is 375 g/mol. The van der Waals surface area contributed by atoms with Crippen molar-refractivity contribution in [3.05, 3.63) is 29.6 Å². The summed E-state index contributed by atoms with van der Waals surface area (Å²) in [5, 5.41) is 12.6. The van der Waals surface area contributed by atoms with Gasteiger partial charge in [0.05, 0.1) is 6.20 Å². The third kappa shape index (κ3) is 5.32. The van der Waals surface area contributed by atoms with E-state index in [1.165, 1.54) is 0 Å². The molecule has 1 aliphatic carbocycles. The van der Waals surface area contributed by atoms with Crippen LogP contribution in [0.3, 0.4) is 0 Å². The van der Waals surface area contributed by atoms with Crippen molar-refractivity contribution in [3.63, 3.8) is 0 Å². The molecule has 0 saturated heterocycles. The average Bonchev–Trinajstić information content (AvgIpc) is 3.28. The minimum atomic E-state index is -0.380. The first-order chi connectivity index (χ1) is 12.9. The number of ether oxygens (including phenoxy) is 1. The molecule has 146 valence electrons. The monoisotopic (exact) mass is 375 g/mol. The van der Waals surface area contributed by atoms with E-state index in [2.05, 4.69) is 25.8 Å². The second-order valence-corrected chi connectivity index (χ2v) is 7.13. The molecule has 2 aromatic rings. The number of amides is 2. The van der Waals surface area contributed by atoms with Crippen molar-refractivity contribution < 1.29 is 18.7 Å². The van der Waals surface area contributed by atoms with Gasteiger partial charge in [0, 0.05) is 23.7 Å². The molecular weight excluding hydrogens is 350 g/mol. The molecule has 0 aromatic carbocycles. The van der Waals surface area contributed by atoms with Gasteiger partial charge in [-0.05, 0) is 40.0 Å². The zero-order valence-electron chi connectivity index (χ0n) is 15.7. The molecule has 2 unspecified atom stereocenters. The van der Waals surface area contributed by atoms with Crippen LogP contribution in [-0.2, 0) is 16.0 Å². The molecule has 0 bridgehead atoms. The van der Waals surface area contributed by atoms with Gasteiger partial charge in [0.2, 0.25) is 11.8 Å². The highest BCUT2D eigenvalue weighted by Gasteiger charge is 2.30. The number of rotatable bonds is 6. The van der Waals surface area contributed by atoms with E-state index in [1.54, 1.807) is 13.1 Å². The van der Waals surface area contributed by atoms with E-state index < -0.39 is 0 Å². The van der Waals surface area contributed by atoms with Crippen molar-refractivity contribution in [2.24, 2.45) is 0 Å². The molecule has 2 aromatic heterocycles. The Morgan fingerprint density at radius 2 is 2.22 bits per heavy atom.